The van der Waals surface area contributed by atoms with Crippen molar-refractivity contribution in [3.63, 3.8) is 0 Å². The van der Waals surface area contributed by atoms with Crippen LogP contribution >= 0.6 is 0 Å². The van der Waals surface area contributed by atoms with E-state index in [1.165, 1.54) is 0 Å². The number of allylic oxidation sites excluding steroid dienone is 4. The first kappa shape index (κ1) is 6.69. The fourth-order valence-electron chi connectivity index (χ4n) is 0.839. The first-order valence-corrected chi connectivity index (χ1v) is 11.4. The Balaban J connectivity index is 2.46. The van der Waals surface area contributed by atoms with E-state index in [1.54, 1.807) is 0 Å². The Labute approximate surface area is 67.3 Å². The third-order valence-electron chi connectivity index (χ3n) is 1.30. The summed E-state index contributed by atoms with van der Waals surface area (Å²) in [7, 11) is 0. The Morgan fingerprint density at radius 3 is 1.10 bits per heavy atom. The second kappa shape index (κ2) is 2.94. The van der Waals surface area contributed by atoms with Gasteiger partial charge in [-0.15, -0.1) is 0 Å². The molecule has 0 unspecified atom stereocenters. The van der Waals surface area contributed by atoms with Gasteiger partial charge in [0.25, 0.3) is 0 Å². The van der Waals surface area contributed by atoms with E-state index in [0.29, 0.717) is 0 Å². The molecule has 0 spiro atoms. The van der Waals surface area contributed by atoms with E-state index in [9.17, 15) is 0 Å². The second-order valence-corrected chi connectivity index (χ2v) is 15.4. The van der Waals surface area contributed by atoms with Gasteiger partial charge in [0.05, 0.1) is 0 Å². The average molecular weight is 262 g/mol. The van der Waals surface area contributed by atoms with E-state index < -0.39 is 23.1 Å². The molecule has 10 heavy (non-hydrogen) atoms. The van der Waals surface area contributed by atoms with Crippen LogP contribution in [0.25, 0.3) is 0 Å². The van der Waals surface area contributed by atoms with Crippen molar-refractivity contribution in [2.24, 2.45) is 0 Å². The molecule has 0 aromatic heterocycles. The van der Waals surface area contributed by atoms with Crippen LogP contribution in [0.15, 0.2) is 44.2 Å². The van der Waals surface area contributed by atoms with Crippen molar-refractivity contribution in [3.05, 3.63) is 44.2 Å². The molecule has 0 aromatic rings. The van der Waals surface area contributed by atoms with E-state index in [-0.39, 0.29) is 0 Å². The van der Waals surface area contributed by atoms with Crippen LogP contribution in [0.1, 0.15) is 0 Å². The molecule has 0 fully saturated rings. The zero-order chi connectivity index (χ0) is 6.81. The van der Waals surface area contributed by atoms with E-state index >= 15 is 0 Å². The molecule has 0 bridgehead atoms. The first-order chi connectivity index (χ1) is 4.97. The van der Waals surface area contributed by atoms with Crippen LogP contribution in [0.5, 0.6) is 0 Å². The van der Waals surface area contributed by atoms with Gasteiger partial charge in [0.1, 0.15) is 0 Å². The van der Waals surface area contributed by atoms with Crippen LogP contribution in [0.3, 0.4) is 0 Å². The molecule has 2 rings (SSSR count). The number of hydrogen-bond acceptors (Lipinski definition) is 0. The number of hydrogen-bond donors (Lipinski definition) is 0. The van der Waals surface area contributed by atoms with Gasteiger partial charge in [-0.05, 0) is 0 Å². The third kappa shape index (κ3) is 1.21. The van der Waals surface area contributed by atoms with Gasteiger partial charge in [-0.1, -0.05) is 0 Å². The van der Waals surface area contributed by atoms with Gasteiger partial charge in [0.15, 0.2) is 0 Å². The molecule has 2 aliphatic rings. The molecule has 52 valence electrons. The standard InChI is InChI=1S/C8H8Se2/c1-2-6-9(5-1)10-7-3-4-8-10/h1-8H. The summed E-state index contributed by atoms with van der Waals surface area (Å²) in [6.07, 6.45) is 8.81. The summed E-state index contributed by atoms with van der Waals surface area (Å²) in [5.74, 6) is 0. The number of rotatable bonds is 0. The van der Waals surface area contributed by atoms with Crippen LogP contribution in [-0.4, -0.2) is 23.1 Å². The summed E-state index contributed by atoms with van der Waals surface area (Å²) < 4.78 is 0. The molecule has 0 amide bonds. The van der Waals surface area contributed by atoms with Crippen LogP contribution in [-0.2, 0) is 0 Å². The molecule has 0 aromatic carbocycles. The quantitative estimate of drug-likeness (QED) is 0.580. The normalized spacial score (nSPS) is 23.6. The van der Waals surface area contributed by atoms with Crippen molar-refractivity contribution in [1.29, 1.82) is 0 Å². The Morgan fingerprint density at radius 2 is 0.800 bits per heavy atom. The zero-order valence-electron chi connectivity index (χ0n) is 5.44. The maximum atomic E-state index is 2.42. The molecule has 0 nitrogen and oxygen atoms in total. The molecular formula is C8H8Se2. The molecule has 2 aliphatic heterocycles. The monoisotopic (exact) mass is 264 g/mol. The second-order valence-electron chi connectivity index (χ2n) is 1.97. The van der Waals surface area contributed by atoms with Crippen LogP contribution in [0.4, 0.5) is 0 Å². The Hall–Kier alpha value is -0.00104. The first-order valence-electron chi connectivity index (χ1n) is 3.11. The summed E-state index contributed by atoms with van der Waals surface area (Å²) >= 11 is -0.829. The predicted octanol–water partition coefficient (Wildman–Crippen LogP) is 1.46. The Morgan fingerprint density at radius 1 is 0.500 bits per heavy atom. The summed E-state index contributed by atoms with van der Waals surface area (Å²) in [4.78, 5) is 9.69. The van der Waals surface area contributed by atoms with Crippen molar-refractivity contribution in [3.8, 4) is 0 Å². The van der Waals surface area contributed by atoms with E-state index in [4.69, 9.17) is 0 Å². The van der Waals surface area contributed by atoms with Crippen molar-refractivity contribution in [2.75, 3.05) is 0 Å². The molecule has 0 N–H and O–H groups in total. The van der Waals surface area contributed by atoms with Crippen molar-refractivity contribution < 1.29 is 0 Å². The van der Waals surface area contributed by atoms with Crippen molar-refractivity contribution >= 4 is 23.1 Å². The molecule has 0 saturated carbocycles. The summed E-state index contributed by atoms with van der Waals surface area (Å²) in [6, 6.07) is 0. The summed E-state index contributed by atoms with van der Waals surface area (Å²) in [6.45, 7) is 0. The average Bonchev–Trinajstić information content (AvgIpc) is 2.59. The maximum absolute atomic E-state index is 2.42. The predicted molar refractivity (Wildman–Crippen MR) is 48.1 cm³/mol. The van der Waals surface area contributed by atoms with E-state index in [2.05, 4.69) is 44.2 Å². The van der Waals surface area contributed by atoms with Crippen LogP contribution in [0, 0.1) is 0 Å². The molecule has 0 saturated heterocycles. The van der Waals surface area contributed by atoms with E-state index in [1.807, 2.05) is 0 Å². The third-order valence-corrected chi connectivity index (χ3v) is 15.5. The SMILES string of the molecule is C1=C[Se](=[Se]2C=CC=C2)C=C1. The molecular weight excluding hydrogens is 254 g/mol. The summed E-state index contributed by atoms with van der Waals surface area (Å²) in [5.41, 5.74) is 0. The minimum absolute atomic E-state index is 0.414. The van der Waals surface area contributed by atoms with Crippen molar-refractivity contribution in [1.82, 2.24) is 0 Å². The fraction of sp³-hybridized carbons (Fsp3) is 0. The van der Waals surface area contributed by atoms with Gasteiger partial charge in [0.2, 0.25) is 0 Å². The van der Waals surface area contributed by atoms with Gasteiger partial charge in [-0.25, -0.2) is 0 Å². The molecule has 2 heteroatoms. The van der Waals surface area contributed by atoms with Crippen LogP contribution in [0.2, 0.25) is 0 Å². The van der Waals surface area contributed by atoms with Gasteiger partial charge in [0, 0.05) is 0 Å². The van der Waals surface area contributed by atoms with Crippen molar-refractivity contribution in [2.45, 2.75) is 0 Å². The van der Waals surface area contributed by atoms with Gasteiger partial charge >= 0.3 is 67.3 Å². The van der Waals surface area contributed by atoms with Crippen LogP contribution < -0.4 is 0 Å². The topological polar surface area (TPSA) is 0 Å². The van der Waals surface area contributed by atoms with E-state index in [0.717, 1.165) is 0 Å². The van der Waals surface area contributed by atoms with Gasteiger partial charge in [-0.2, -0.15) is 0 Å². The Kier molecular flexibility index (Phi) is 1.97. The molecule has 0 atom stereocenters. The fourth-order valence-corrected chi connectivity index (χ4v) is 12.7. The molecule has 2 heterocycles. The summed E-state index contributed by atoms with van der Waals surface area (Å²) in [5, 5.41) is 0. The van der Waals surface area contributed by atoms with Gasteiger partial charge in [-0.3, -0.25) is 0 Å². The molecule has 0 aliphatic carbocycles. The minimum atomic E-state index is -0.414. The van der Waals surface area contributed by atoms with Gasteiger partial charge < -0.3 is 0 Å². The molecule has 0 radical (unpaired) electrons. The Bertz CT molecular complexity index is 232. The zero-order valence-corrected chi connectivity index (χ0v) is 8.86.